The molecule has 33 heavy (non-hydrogen) atoms. The number of nitrogens with zero attached hydrogens (tertiary/aromatic N) is 1. The van der Waals surface area contributed by atoms with Crippen LogP contribution in [0.2, 0.25) is 0 Å². The molecule has 0 aromatic heterocycles. The molecule has 1 atom stereocenters. The van der Waals surface area contributed by atoms with E-state index in [1.807, 2.05) is 0 Å². The number of nitrogens with one attached hydrogen (secondary N) is 1. The fourth-order valence-electron chi connectivity index (χ4n) is 2.48. The summed E-state index contributed by atoms with van der Waals surface area (Å²) in [5, 5.41) is 11.4. The minimum absolute atomic E-state index is 0.105. The van der Waals surface area contributed by atoms with Gasteiger partial charge in [0.05, 0.1) is 32.8 Å². The van der Waals surface area contributed by atoms with Gasteiger partial charge < -0.3 is 25.1 Å². The molecule has 0 unspecified atom stereocenters. The van der Waals surface area contributed by atoms with Gasteiger partial charge in [0.15, 0.2) is 11.6 Å². The van der Waals surface area contributed by atoms with Gasteiger partial charge in [0.2, 0.25) is 5.91 Å². The quantitative estimate of drug-likeness (QED) is 0.100. The number of hydrogen-bond donors (Lipinski definition) is 3. The summed E-state index contributed by atoms with van der Waals surface area (Å²) in [5.41, 5.74) is 5.02. The van der Waals surface area contributed by atoms with Crippen molar-refractivity contribution in [3.63, 3.8) is 0 Å². The molecule has 0 aliphatic carbocycles. The van der Waals surface area contributed by atoms with E-state index >= 15 is 0 Å². The van der Waals surface area contributed by atoms with E-state index in [1.54, 1.807) is 0 Å². The van der Waals surface area contributed by atoms with Crippen molar-refractivity contribution in [3.8, 4) is 0 Å². The fourth-order valence-corrected chi connectivity index (χ4v) is 2.48. The van der Waals surface area contributed by atoms with E-state index in [4.69, 9.17) is 25.1 Å². The highest BCUT2D eigenvalue weighted by Gasteiger charge is 2.24. The summed E-state index contributed by atoms with van der Waals surface area (Å²) in [6, 6.07) is -0.993. The average molecular weight is 471 g/mol. The Labute approximate surface area is 190 Å². The molecule has 1 heterocycles. The number of rotatable bonds is 19. The van der Waals surface area contributed by atoms with Crippen LogP contribution in [-0.4, -0.2) is 104 Å². The van der Waals surface area contributed by atoms with Crippen LogP contribution in [-0.2, 0) is 43.0 Å². The number of primary amides is 1. The molecule has 0 spiro atoms. The average Bonchev–Trinajstić information content (AvgIpc) is 3.09. The molecule has 0 saturated heterocycles. The monoisotopic (exact) mass is 471 g/mol. The topological polar surface area (TPSA) is 192 Å². The Bertz CT molecular complexity index is 734. The molecule has 0 bridgehead atoms. The third kappa shape index (κ3) is 12.0. The first kappa shape index (κ1) is 28.0. The number of esters is 1. The molecule has 13 nitrogen and oxygen atoms in total. The summed E-state index contributed by atoms with van der Waals surface area (Å²) in [5.74, 6) is -3.06. The summed E-state index contributed by atoms with van der Waals surface area (Å²) >= 11 is 0. The van der Waals surface area contributed by atoms with Crippen molar-refractivity contribution >= 4 is 35.3 Å². The van der Waals surface area contributed by atoms with Crippen LogP contribution in [0.3, 0.4) is 0 Å². The Morgan fingerprint density at radius 3 is 2.27 bits per heavy atom. The molecule has 0 aromatic carbocycles. The van der Waals surface area contributed by atoms with Crippen molar-refractivity contribution in [1.82, 2.24) is 10.2 Å². The van der Waals surface area contributed by atoms with E-state index in [0.29, 0.717) is 6.42 Å². The Balaban J connectivity index is 1.96. The lowest BCUT2D eigenvalue weighted by Crippen LogP contribution is -2.46. The van der Waals surface area contributed by atoms with E-state index in [2.05, 4.69) is 5.32 Å². The van der Waals surface area contributed by atoms with Gasteiger partial charge in [-0.1, -0.05) is 0 Å². The first-order valence-electron chi connectivity index (χ1n) is 10.3. The first-order valence-corrected chi connectivity index (χ1v) is 10.3. The number of amides is 3. The molecular formula is C20H29N3O10. The van der Waals surface area contributed by atoms with Crippen LogP contribution in [0.4, 0.5) is 0 Å². The van der Waals surface area contributed by atoms with Gasteiger partial charge in [0, 0.05) is 31.7 Å². The van der Waals surface area contributed by atoms with Gasteiger partial charge in [-0.3, -0.25) is 39.0 Å². The molecule has 0 aromatic rings. The van der Waals surface area contributed by atoms with Crippen LogP contribution < -0.4 is 11.1 Å². The second-order valence-corrected chi connectivity index (χ2v) is 6.94. The lowest BCUT2D eigenvalue weighted by Gasteiger charge is -2.12. The smallest absolute Gasteiger partial charge is 0.308 e. The van der Waals surface area contributed by atoms with Gasteiger partial charge in [-0.15, -0.1) is 0 Å². The fraction of sp³-hybridized carbons (Fsp3) is 0.600. The molecule has 0 saturated carbocycles. The zero-order valence-electron chi connectivity index (χ0n) is 18.2. The summed E-state index contributed by atoms with van der Waals surface area (Å²) < 4.78 is 15.2. The maximum absolute atomic E-state index is 11.7. The van der Waals surface area contributed by atoms with Crippen molar-refractivity contribution in [2.45, 2.75) is 25.3 Å². The minimum Gasteiger partial charge on any atom is -0.458 e. The number of ketones is 2. The number of nitrogens with two attached hydrogens (primary N) is 1. The largest absolute Gasteiger partial charge is 0.458 e. The molecule has 1 rings (SSSR count). The predicted molar refractivity (Wildman–Crippen MR) is 110 cm³/mol. The molecule has 0 fully saturated rings. The maximum Gasteiger partial charge on any atom is 0.308 e. The zero-order valence-corrected chi connectivity index (χ0v) is 18.2. The van der Waals surface area contributed by atoms with Gasteiger partial charge in [0.1, 0.15) is 19.3 Å². The summed E-state index contributed by atoms with van der Waals surface area (Å²) in [6.07, 6.45) is 2.58. The van der Waals surface area contributed by atoms with Crippen LogP contribution in [0, 0.1) is 0 Å². The number of ether oxygens (including phenoxy) is 3. The van der Waals surface area contributed by atoms with E-state index < -0.39 is 42.9 Å². The first-order chi connectivity index (χ1) is 15.7. The predicted octanol–water partition coefficient (Wildman–Crippen LogP) is -2.77. The summed E-state index contributed by atoms with van der Waals surface area (Å²) in [4.78, 5) is 69.4. The van der Waals surface area contributed by atoms with E-state index in [-0.39, 0.29) is 63.9 Å². The van der Waals surface area contributed by atoms with Gasteiger partial charge >= 0.3 is 5.97 Å². The molecule has 0 radical (unpaired) electrons. The Hall–Kier alpha value is -3.00. The number of aliphatic hydroxyl groups excluding tert-OH is 1. The maximum atomic E-state index is 11.7. The van der Waals surface area contributed by atoms with Crippen LogP contribution in [0.15, 0.2) is 12.2 Å². The number of aliphatic hydroxyl groups is 1. The van der Waals surface area contributed by atoms with Crippen molar-refractivity contribution in [1.29, 1.82) is 0 Å². The normalized spacial score (nSPS) is 13.9. The van der Waals surface area contributed by atoms with Crippen LogP contribution >= 0.6 is 0 Å². The van der Waals surface area contributed by atoms with Gasteiger partial charge in [-0.05, 0) is 6.42 Å². The lowest BCUT2D eigenvalue weighted by molar-refractivity contribution is -0.149. The Morgan fingerprint density at radius 1 is 0.970 bits per heavy atom. The van der Waals surface area contributed by atoms with Crippen molar-refractivity contribution < 1.29 is 48.1 Å². The molecule has 1 aliphatic heterocycles. The molecule has 4 N–H and O–H groups in total. The van der Waals surface area contributed by atoms with Crippen LogP contribution in [0.5, 0.6) is 0 Å². The lowest BCUT2D eigenvalue weighted by atomic mass is 10.2. The van der Waals surface area contributed by atoms with Crippen molar-refractivity contribution in [2.24, 2.45) is 5.73 Å². The number of carbonyl (C=O) groups excluding carboxylic acids is 6. The molecule has 3 amide bonds. The van der Waals surface area contributed by atoms with Crippen molar-refractivity contribution in [3.05, 3.63) is 12.2 Å². The second-order valence-electron chi connectivity index (χ2n) is 6.94. The minimum atomic E-state index is -0.993. The van der Waals surface area contributed by atoms with Gasteiger partial charge in [0.25, 0.3) is 11.8 Å². The zero-order chi connectivity index (χ0) is 24.6. The van der Waals surface area contributed by atoms with E-state index in [9.17, 15) is 28.8 Å². The second kappa shape index (κ2) is 15.7. The molecular weight excluding hydrogens is 442 g/mol. The summed E-state index contributed by atoms with van der Waals surface area (Å²) in [7, 11) is 0. The number of Topliss-reactive ketones (excluding diaryl/α,β-unsaturated/α-hetero) is 2. The number of carbonyl (C=O) groups is 6. The molecule has 184 valence electrons. The number of hydrogen-bond acceptors (Lipinski definition) is 11. The van der Waals surface area contributed by atoms with Gasteiger partial charge in [-0.25, -0.2) is 0 Å². The van der Waals surface area contributed by atoms with Crippen LogP contribution in [0.1, 0.15) is 19.3 Å². The highest BCUT2D eigenvalue weighted by molar-refractivity contribution is 6.13. The van der Waals surface area contributed by atoms with E-state index in [0.717, 1.165) is 17.1 Å². The SMILES string of the molecule is NC(=O)[C@H](CO)NCC(=O)COCCOCCCC(=O)COC(=O)CCN1C(=O)C=CC1=O. The highest BCUT2D eigenvalue weighted by atomic mass is 16.5. The Morgan fingerprint density at radius 2 is 1.64 bits per heavy atom. The molecule has 1 aliphatic rings. The number of imide groups is 1. The van der Waals surface area contributed by atoms with E-state index in [1.165, 1.54) is 0 Å². The highest BCUT2D eigenvalue weighted by Crippen LogP contribution is 2.05. The third-order valence-electron chi connectivity index (χ3n) is 4.29. The molecule has 13 heteroatoms. The van der Waals surface area contributed by atoms with Crippen molar-refractivity contribution in [2.75, 3.05) is 52.7 Å². The van der Waals surface area contributed by atoms with Gasteiger partial charge in [-0.2, -0.15) is 0 Å². The van der Waals surface area contributed by atoms with Crippen LogP contribution in [0.25, 0.3) is 0 Å². The standard InChI is InChI=1S/C20H29N3O10/c21-20(30)16(11-24)22-10-15(26)12-32-9-8-31-7-1-2-14(25)13-33-19(29)5-6-23-17(27)3-4-18(23)28/h3-4,16,22,24H,1-2,5-13H2,(H2,21,30)/t16-/m0/s1. The summed E-state index contributed by atoms with van der Waals surface area (Å²) in [6.45, 7) is -0.773. The Kier molecular flexibility index (Phi) is 13.4. The third-order valence-corrected chi connectivity index (χ3v) is 4.29.